The van der Waals surface area contributed by atoms with Crippen molar-refractivity contribution in [2.24, 2.45) is 0 Å². The number of nitrogens with one attached hydrogen (secondary N) is 1. The molecular formula is C8H9ClN2O. The van der Waals surface area contributed by atoms with E-state index in [1.807, 2.05) is 0 Å². The number of nitrogens with zero attached hydrogens (tertiary/aromatic N) is 1. The highest BCUT2D eigenvalue weighted by molar-refractivity contribution is 6.33. The Morgan fingerprint density at radius 3 is 2.58 bits per heavy atom. The fourth-order valence-corrected chi connectivity index (χ4v) is 0.727. The van der Waals surface area contributed by atoms with E-state index in [1.54, 1.807) is 20.0 Å². The average Bonchev–Trinajstić information content (AvgIpc) is 2.06. The highest BCUT2D eigenvalue weighted by Gasteiger charge is 1.99. The van der Waals surface area contributed by atoms with Crippen molar-refractivity contribution in [1.82, 2.24) is 5.32 Å². The molecule has 3 nitrogen and oxygen atoms in total. The van der Waals surface area contributed by atoms with E-state index in [9.17, 15) is 4.79 Å². The predicted molar refractivity (Wildman–Crippen MR) is 47.4 cm³/mol. The smallest absolute Gasteiger partial charge is 0.162 e. The molecule has 0 heterocycles. The molecule has 4 heteroatoms. The summed E-state index contributed by atoms with van der Waals surface area (Å²) in [6.45, 7) is 1.78. The largest absolute Gasteiger partial charge is 0.392 e. The van der Waals surface area contributed by atoms with Gasteiger partial charge in [0.2, 0.25) is 0 Å². The summed E-state index contributed by atoms with van der Waals surface area (Å²) in [5, 5.41) is 11.4. The fourth-order valence-electron chi connectivity index (χ4n) is 0.476. The first-order chi connectivity index (χ1) is 5.65. The monoisotopic (exact) mass is 184 g/mol. The standard InChI is InChI=1S/C8H9ClN2O/c1-6(11-2)3-8(9)7(4-10)5-12/h3,5,11H,1-2H3/b6-3-,8-7+. The Kier molecular flexibility index (Phi) is 4.82. The van der Waals surface area contributed by atoms with Gasteiger partial charge in [0.1, 0.15) is 11.6 Å². The van der Waals surface area contributed by atoms with Gasteiger partial charge in [0, 0.05) is 12.7 Å². The van der Waals surface area contributed by atoms with Gasteiger partial charge in [0.05, 0.1) is 5.03 Å². The molecule has 0 radical (unpaired) electrons. The van der Waals surface area contributed by atoms with Crippen LogP contribution in [0.3, 0.4) is 0 Å². The van der Waals surface area contributed by atoms with Crippen LogP contribution >= 0.6 is 11.6 Å². The molecule has 0 fully saturated rings. The van der Waals surface area contributed by atoms with Crippen LogP contribution in [-0.2, 0) is 4.79 Å². The Labute approximate surface area is 76.3 Å². The Morgan fingerprint density at radius 1 is 1.67 bits per heavy atom. The predicted octanol–water partition coefficient (Wildman–Crippen LogP) is 1.32. The summed E-state index contributed by atoms with van der Waals surface area (Å²) in [6.07, 6.45) is 1.95. The van der Waals surface area contributed by atoms with Gasteiger partial charge in [0.15, 0.2) is 6.29 Å². The van der Waals surface area contributed by atoms with Gasteiger partial charge >= 0.3 is 0 Å². The van der Waals surface area contributed by atoms with Gasteiger partial charge in [0.25, 0.3) is 0 Å². The lowest BCUT2D eigenvalue weighted by atomic mass is 10.3. The minimum Gasteiger partial charge on any atom is -0.392 e. The molecule has 0 aromatic carbocycles. The third-order valence-electron chi connectivity index (χ3n) is 1.23. The van der Waals surface area contributed by atoms with Crippen LogP contribution < -0.4 is 5.32 Å². The molecule has 0 unspecified atom stereocenters. The lowest BCUT2D eigenvalue weighted by Crippen LogP contribution is -2.01. The summed E-state index contributed by atoms with van der Waals surface area (Å²) in [5.41, 5.74) is 0.723. The molecule has 0 aliphatic carbocycles. The molecule has 0 aromatic heterocycles. The third-order valence-corrected chi connectivity index (χ3v) is 1.55. The van der Waals surface area contributed by atoms with E-state index in [0.29, 0.717) is 6.29 Å². The molecule has 0 saturated carbocycles. The van der Waals surface area contributed by atoms with Crippen LogP contribution in [0.2, 0.25) is 0 Å². The Bertz CT molecular complexity index is 273. The van der Waals surface area contributed by atoms with Crippen molar-refractivity contribution >= 4 is 17.9 Å². The first kappa shape index (κ1) is 10.7. The number of aldehydes is 1. The number of carbonyl (C=O) groups excluding carboxylic acids is 1. The number of halogens is 1. The Hall–Kier alpha value is -1.27. The molecule has 0 aliphatic heterocycles. The molecule has 0 rings (SSSR count). The zero-order chi connectivity index (χ0) is 9.56. The summed E-state index contributed by atoms with van der Waals surface area (Å²) in [5.74, 6) is 0. The zero-order valence-electron chi connectivity index (χ0n) is 6.89. The van der Waals surface area contributed by atoms with Crippen LogP contribution in [0.25, 0.3) is 0 Å². The first-order valence-corrected chi connectivity index (χ1v) is 3.64. The Balaban J connectivity index is 4.80. The normalized spacial score (nSPS) is 13.0. The van der Waals surface area contributed by atoms with E-state index in [0.717, 1.165) is 5.70 Å². The number of rotatable bonds is 3. The molecule has 0 atom stereocenters. The van der Waals surface area contributed by atoms with Crippen LogP contribution in [0.5, 0.6) is 0 Å². The zero-order valence-corrected chi connectivity index (χ0v) is 7.64. The molecule has 0 aromatic rings. The van der Waals surface area contributed by atoms with Crippen LogP contribution in [-0.4, -0.2) is 13.3 Å². The van der Waals surface area contributed by atoms with Crippen molar-refractivity contribution in [2.75, 3.05) is 7.05 Å². The first-order valence-electron chi connectivity index (χ1n) is 3.26. The van der Waals surface area contributed by atoms with E-state index >= 15 is 0 Å². The van der Waals surface area contributed by atoms with Gasteiger partial charge in [-0.3, -0.25) is 4.79 Å². The topological polar surface area (TPSA) is 52.9 Å². The van der Waals surface area contributed by atoms with Crippen molar-refractivity contribution in [2.45, 2.75) is 6.92 Å². The lowest BCUT2D eigenvalue weighted by Gasteiger charge is -1.97. The fraction of sp³-hybridized carbons (Fsp3) is 0.250. The highest BCUT2D eigenvalue weighted by atomic mass is 35.5. The molecule has 0 saturated heterocycles. The molecular weight excluding hydrogens is 176 g/mol. The van der Waals surface area contributed by atoms with Gasteiger partial charge in [-0.2, -0.15) is 5.26 Å². The van der Waals surface area contributed by atoms with Gasteiger partial charge in [-0.05, 0) is 13.0 Å². The molecule has 0 bridgehead atoms. The van der Waals surface area contributed by atoms with Gasteiger partial charge in [-0.1, -0.05) is 11.6 Å². The SMILES string of the molecule is CN/C(C)=C\C(Cl)=C(\C#N)C=O. The van der Waals surface area contributed by atoms with E-state index in [1.165, 1.54) is 6.08 Å². The van der Waals surface area contributed by atoms with Crippen molar-refractivity contribution in [3.05, 3.63) is 22.4 Å². The minimum atomic E-state index is -0.0636. The van der Waals surface area contributed by atoms with Crippen molar-refractivity contribution in [3.63, 3.8) is 0 Å². The van der Waals surface area contributed by atoms with Crippen molar-refractivity contribution < 1.29 is 4.79 Å². The van der Waals surface area contributed by atoms with Gasteiger partial charge in [-0.15, -0.1) is 0 Å². The minimum absolute atomic E-state index is 0.0636. The van der Waals surface area contributed by atoms with Crippen LogP contribution in [0.15, 0.2) is 22.4 Å². The second-order valence-electron chi connectivity index (χ2n) is 2.07. The number of carbonyl (C=O) groups is 1. The van der Waals surface area contributed by atoms with Crippen LogP contribution in [0.4, 0.5) is 0 Å². The summed E-state index contributed by atoms with van der Waals surface area (Å²) >= 11 is 5.63. The van der Waals surface area contributed by atoms with Crippen LogP contribution in [0, 0.1) is 11.3 Å². The van der Waals surface area contributed by atoms with E-state index < -0.39 is 0 Å². The summed E-state index contributed by atoms with van der Waals surface area (Å²) < 4.78 is 0. The third kappa shape index (κ3) is 3.22. The molecule has 0 amide bonds. The molecule has 64 valence electrons. The second kappa shape index (κ2) is 5.39. The molecule has 0 aliphatic rings. The number of allylic oxidation sites excluding steroid dienone is 4. The van der Waals surface area contributed by atoms with Gasteiger partial charge < -0.3 is 5.32 Å². The van der Waals surface area contributed by atoms with Gasteiger partial charge in [-0.25, -0.2) is 0 Å². The maximum atomic E-state index is 10.2. The maximum Gasteiger partial charge on any atom is 0.162 e. The van der Waals surface area contributed by atoms with Crippen molar-refractivity contribution in [1.29, 1.82) is 5.26 Å². The number of hydrogen-bond donors (Lipinski definition) is 1. The van der Waals surface area contributed by atoms with Crippen LogP contribution in [0.1, 0.15) is 6.92 Å². The van der Waals surface area contributed by atoms with Crippen molar-refractivity contribution in [3.8, 4) is 6.07 Å². The lowest BCUT2D eigenvalue weighted by molar-refractivity contribution is -0.104. The Morgan fingerprint density at radius 2 is 2.25 bits per heavy atom. The molecule has 1 N–H and O–H groups in total. The highest BCUT2D eigenvalue weighted by Crippen LogP contribution is 2.10. The summed E-state index contributed by atoms with van der Waals surface area (Å²) in [4.78, 5) is 10.2. The summed E-state index contributed by atoms with van der Waals surface area (Å²) in [6, 6.07) is 1.69. The maximum absolute atomic E-state index is 10.2. The van der Waals surface area contributed by atoms with E-state index in [2.05, 4.69) is 5.32 Å². The average molecular weight is 185 g/mol. The molecule has 12 heavy (non-hydrogen) atoms. The second-order valence-corrected chi connectivity index (χ2v) is 2.48. The van der Waals surface area contributed by atoms with E-state index in [-0.39, 0.29) is 10.6 Å². The quantitative estimate of drug-likeness (QED) is 0.312. The summed E-state index contributed by atoms with van der Waals surface area (Å²) in [7, 11) is 1.73. The molecule has 0 spiro atoms. The number of hydrogen-bond acceptors (Lipinski definition) is 3. The number of nitriles is 1. The van der Waals surface area contributed by atoms with E-state index in [4.69, 9.17) is 16.9 Å².